The molecule has 4 nitrogen and oxygen atoms in total. The standard InChI is InChI=1S/C19H17BrN2O2/c1-21-16-8-3-2-7-15(16)19(18(21)24)9-10-22(12-19)17(23)13-5-4-6-14(20)11-13/h2-8,11H,9-10,12H2,1H3. The zero-order chi connectivity index (χ0) is 16.9. The third-order valence-electron chi connectivity index (χ3n) is 5.12. The van der Waals surface area contributed by atoms with Crippen molar-refractivity contribution >= 4 is 33.4 Å². The first-order valence-electron chi connectivity index (χ1n) is 7.95. The third-order valence-corrected chi connectivity index (χ3v) is 5.62. The number of amides is 2. The molecule has 0 aliphatic carbocycles. The van der Waals surface area contributed by atoms with Crippen molar-refractivity contribution in [2.24, 2.45) is 0 Å². The summed E-state index contributed by atoms with van der Waals surface area (Å²) in [5, 5.41) is 0. The fraction of sp³-hybridized carbons (Fsp3) is 0.263. The van der Waals surface area contributed by atoms with E-state index in [-0.39, 0.29) is 11.8 Å². The summed E-state index contributed by atoms with van der Waals surface area (Å²) in [6.45, 7) is 1.04. The normalized spacial score (nSPS) is 22.3. The molecule has 5 heteroatoms. The van der Waals surface area contributed by atoms with Crippen LogP contribution in [0.25, 0.3) is 0 Å². The molecule has 2 aromatic carbocycles. The van der Waals surface area contributed by atoms with Crippen LogP contribution in [0.1, 0.15) is 22.3 Å². The molecule has 1 saturated heterocycles. The SMILES string of the molecule is CN1C(=O)C2(CCN(C(=O)c3cccc(Br)c3)C2)c2ccccc21. The molecule has 0 aromatic heterocycles. The lowest BCUT2D eigenvalue weighted by molar-refractivity contribution is -0.122. The van der Waals surface area contributed by atoms with Crippen LogP contribution in [0.15, 0.2) is 53.0 Å². The first kappa shape index (κ1) is 15.4. The molecule has 0 N–H and O–H groups in total. The Hall–Kier alpha value is -2.14. The fourth-order valence-electron chi connectivity index (χ4n) is 3.90. The van der Waals surface area contributed by atoms with Crippen molar-refractivity contribution in [1.29, 1.82) is 0 Å². The Labute approximate surface area is 149 Å². The quantitative estimate of drug-likeness (QED) is 0.757. The van der Waals surface area contributed by atoms with E-state index in [0.717, 1.165) is 15.7 Å². The average molecular weight is 385 g/mol. The maximum absolute atomic E-state index is 12.9. The Morgan fingerprint density at radius 2 is 1.96 bits per heavy atom. The van der Waals surface area contributed by atoms with Gasteiger partial charge in [0.25, 0.3) is 5.91 Å². The van der Waals surface area contributed by atoms with Gasteiger partial charge in [-0.3, -0.25) is 9.59 Å². The van der Waals surface area contributed by atoms with Crippen molar-refractivity contribution in [3.8, 4) is 0 Å². The van der Waals surface area contributed by atoms with Crippen molar-refractivity contribution < 1.29 is 9.59 Å². The van der Waals surface area contributed by atoms with E-state index >= 15 is 0 Å². The van der Waals surface area contributed by atoms with E-state index in [1.54, 1.807) is 9.80 Å². The number of likely N-dealkylation sites (tertiary alicyclic amines) is 1. The highest BCUT2D eigenvalue weighted by Gasteiger charge is 2.54. The van der Waals surface area contributed by atoms with Gasteiger partial charge in [0.1, 0.15) is 0 Å². The first-order valence-corrected chi connectivity index (χ1v) is 8.75. The van der Waals surface area contributed by atoms with E-state index in [1.165, 1.54) is 0 Å². The maximum Gasteiger partial charge on any atom is 0.253 e. The van der Waals surface area contributed by atoms with Gasteiger partial charge in [-0.25, -0.2) is 0 Å². The van der Waals surface area contributed by atoms with Crippen molar-refractivity contribution in [1.82, 2.24) is 4.90 Å². The van der Waals surface area contributed by atoms with E-state index in [9.17, 15) is 9.59 Å². The minimum atomic E-state index is -0.590. The molecule has 2 aliphatic rings. The van der Waals surface area contributed by atoms with E-state index in [2.05, 4.69) is 15.9 Å². The fourth-order valence-corrected chi connectivity index (χ4v) is 4.30. The molecule has 0 saturated carbocycles. The zero-order valence-electron chi connectivity index (χ0n) is 13.3. The number of rotatable bonds is 1. The number of anilines is 1. The summed E-state index contributed by atoms with van der Waals surface area (Å²) in [6.07, 6.45) is 0.674. The van der Waals surface area contributed by atoms with E-state index in [1.807, 2.05) is 55.6 Å². The molecule has 1 unspecified atom stereocenters. The second kappa shape index (κ2) is 5.45. The Kier molecular flexibility index (Phi) is 3.49. The number of halogens is 1. The van der Waals surface area contributed by atoms with Gasteiger partial charge in [0, 0.05) is 35.9 Å². The topological polar surface area (TPSA) is 40.6 Å². The van der Waals surface area contributed by atoms with Crippen molar-refractivity contribution in [3.63, 3.8) is 0 Å². The van der Waals surface area contributed by atoms with Gasteiger partial charge in [-0.05, 0) is 36.2 Å². The molecule has 2 heterocycles. The van der Waals surface area contributed by atoms with Crippen LogP contribution in [0.3, 0.4) is 0 Å². The van der Waals surface area contributed by atoms with Crippen molar-refractivity contribution in [2.45, 2.75) is 11.8 Å². The Bertz CT molecular complexity index is 851. The summed E-state index contributed by atoms with van der Waals surface area (Å²) in [4.78, 5) is 29.3. The highest BCUT2D eigenvalue weighted by Crippen LogP contribution is 2.46. The Morgan fingerprint density at radius 3 is 2.75 bits per heavy atom. The zero-order valence-corrected chi connectivity index (χ0v) is 14.9. The van der Waals surface area contributed by atoms with Gasteiger partial charge in [0.2, 0.25) is 5.91 Å². The molecular weight excluding hydrogens is 368 g/mol. The van der Waals surface area contributed by atoms with Gasteiger partial charge in [-0.2, -0.15) is 0 Å². The van der Waals surface area contributed by atoms with Gasteiger partial charge >= 0.3 is 0 Å². The van der Waals surface area contributed by atoms with Crippen LogP contribution < -0.4 is 4.90 Å². The predicted octanol–water partition coefficient (Wildman–Crippen LogP) is 3.21. The molecule has 4 rings (SSSR count). The molecular formula is C19H17BrN2O2. The molecule has 1 fully saturated rings. The Balaban J connectivity index is 1.67. The van der Waals surface area contributed by atoms with E-state index in [4.69, 9.17) is 0 Å². The van der Waals surface area contributed by atoms with Crippen LogP contribution in [0.2, 0.25) is 0 Å². The summed E-state index contributed by atoms with van der Waals surface area (Å²) in [7, 11) is 1.81. The molecule has 0 bridgehead atoms. The van der Waals surface area contributed by atoms with E-state index < -0.39 is 5.41 Å². The van der Waals surface area contributed by atoms with E-state index in [0.29, 0.717) is 25.1 Å². The predicted molar refractivity (Wildman–Crippen MR) is 96.2 cm³/mol. The Morgan fingerprint density at radius 1 is 1.17 bits per heavy atom. The molecule has 122 valence electrons. The van der Waals surface area contributed by atoms with Crippen LogP contribution in [0.5, 0.6) is 0 Å². The largest absolute Gasteiger partial charge is 0.337 e. The molecule has 2 amide bonds. The summed E-state index contributed by atoms with van der Waals surface area (Å²) < 4.78 is 0.879. The number of likely N-dealkylation sites (N-methyl/N-ethyl adjacent to an activating group) is 1. The first-order chi connectivity index (χ1) is 11.5. The number of hydrogen-bond acceptors (Lipinski definition) is 2. The smallest absolute Gasteiger partial charge is 0.253 e. The number of carbonyl (C=O) groups excluding carboxylic acids is 2. The van der Waals surface area contributed by atoms with Gasteiger partial charge in [0.05, 0.1) is 5.41 Å². The molecule has 24 heavy (non-hydrogen) atoms. The lowest BCUT2D eigenvalue weighted by atomic mass is 9.81. The van der Waals surface area contributed by atoms with Crippen LogP contribution in [0.4, 0.5) is 5.69 Å². The number of fused-ring (bicyclic) bond motifs is 2. The summed E-state index contributed by atoms with van der Waals surface area (Å²) in [5.74, 6) is 0.0706. The molecule has 1 spiro atoms. The lowest BCUT2D eigenvalue weighted by Crippen LogP contribution is -2.42. The average Bonchev–Trinajstić information content (AvgIpc) is 3.13. The minimum Gasteiger partial charge on any atom is -0.337 e. The number of nitrogens with zero attached hydrogens (tertiary/aromatic N) is 2. The van der Waals surface area contributed by atoms with Crippen LogP contribution in [0, 0.1) is 0 Å². The van der Waals surface area contributed by atoms with Crippen molar-refractivity contribution in [2.75, 3.05) is 25.0 Å². The van der Waals surface area contributed by atoms with Gasteiger partial charge in [0.15, 0.2) is 0 Å². The molecule has 1 atom stereocenters. The number of para-hydroxylation sites is 1. The number of hydrogen-bond donors (Lipinski definition) is 0. The lowest BCUT2D eigenvalue weighted by Gasteiger charge is -2.23. The third kappa shape index (κ3) is 2.11. The summed E-state index contributed by atoms with van der Waals surface area (Å²) in [6, 6.07) is 15.3. The second-order valence-corrected chi connectivity index (χ2v) is 7.37. The monoisotopic (exact) mass is 384 g/mol. The number of benzene rings is 2. The van der Waals surface area contributed by atoms with Gasteiger partial charge in [-0.1, -0.05) is 40.2 Å². The maximum atomic E-state index is 12.9. The summed E-state index contributed by atoms with van der Waals surface area (Å²) in [5.41, 5.74) is 2.06. The van der Waals surface area contributed by atoms with Crippen LogP contribution >= 0.6 is 15.9 Å². The second-order valence-electron chi connectivity index (χ2n) is 6.45. The summed E-state index contributed by atoms with van der Waals surface area (Å²) >= 11 is 3.41. The van der Waals surface area contributed by atoms with Crippen LogP contribution in [-0.2, 0) is 10.2 Å². The van der Waals surface area contributed by atoms with Crippen molar-refractivity contribution in [3.05, 3.63) is 64.1 Å². The van der Waals surface area contributed by atoms with Gasteiger partial charge < -0.3 is 9.80 Å². The highest BCUT2D eigenvalue weighted by molar-refractivity contribution is 9.10. The molecule has 2 aromatic rings. The number of carbonyl (C=O) groups is 2. The van der Waals surface area contributed by atoms with Crippen LogP contribution in [-0.4, -0.2) is 36.9 Å². The highest BCUT2D eigenvalue weighted by atomic mass is 79.9. The van der Waals surface area contributed by atoms with Gasteiger partial charge in [-0.15, -0.1) is 0 Å². The molecule has 2 aliphatic heterocycles. The molecule has 0 radical (unpaired) electrons. The minimum absolute atomic E-state index is 0.0204.